The van der Waals surface area contributed by atoms with Crippen molar-refractivity contribution in [1.29, 1.82) is 0 Å². The molecule has 0 N–H and O–H groups in total. The number of anilines is 3. The molecular weight excluding hydrogens is 1100 g/mol. The Morgan fingerprint density at radius 2 is 0.758 bits per heavy atom. The van der Waals surface area contributed by atoms with Crippen molar-refractivity contribution in [2.24, 2.45) is 0 Å². The molecule has 15 aromatic rings. The van der Waals surface area contributed by atoms with E-state index in [9.17, 15) is 0 Å². The Hall–Kier alpha value is -10.7. The van der Waals surface area contributed by atoms with Crippen LogP contribution in [-0.2, 0) is 21.7 Å². The summed E-state index contributed by atoms with van der Waals surface area (Å²) in [6.45, 7) is 14.3. The summed E-state index contributed by atoms with van der Waals surface area (Å²) < 4.78 is 14.0. The molecule has 13 aromatic carbocycles. The average Bonchev–Trinajstić information content (AvgIpc) is 1.49. The van der Waals surface area contributed by atoms with Gasteiger partial charge in [0.25, 0.3) is 0 Å². The minimum absolute atomic E-state index is 0.249. The maximum Gasteiger partial charge on any atom is 0.144 e. The van der Waals surface area contributed by atoms with Gasteiger partial charge in [-0.05, 0) is 208 Å². The summed E-state index contributed by atoms with van der Waals surface area (Å²) in [5.74, 6) is 0. The smallest absolute Gasteiger partial charge is 0.144 e. The van der Waals surface area contributed by atoms with Gasteiger partial charge in [-0.2, -0.15) is 0 Å². The Bertz CT molecular complexity index is 5800. The van der Waals surface area contributed by atoms with Gasteiger partial charge in [-0.25, -0.2) is 0 Å². The molecule has 3 nitrogen and oxygen atoms in total. The van der Waals surface area contributed by atoms with Gasteiger partial charge < -0.3 is 13.7 Å². The van der Waals surface area contributed by atoms with Crippen LogP contribution < -0.4 is 4.90 Å². The van der Waals surface area contributed by atoms with Gasteiger partial charge in [-0.15, -0.1) is 0 Å². The molecule has 0 atom stereocenters. The fourth-order valence-corrected chi connectivity index (χ4v) is 19.3. The zero-order valence-corrected chi connectivity index (χ0v) is 51.4. The minimum atomic E-state index is -0.672. The molecule has 0 fully saturated rings. The highest BCUT2D eigenvalue weighted by molar-refractivity contribution is 6.21. The van der Waals surface area contributed by atoms with Crippen molar-refractivity contribution in [3.8, 4) is 66.8 Å². The van der Waals surface area contributed by atoms with Crippen molar-refractivity contribution < 1.29 is 8.83 Å². The van der Waals surface area contributed by atoms with E-state index in [4.69, 9.17) is 8.83 Å². The van der Waals surface area contributed by atoms with E-state index in [1.165, 1.54) is 161 Å². The second-order valence-corrected chi connectivity index (χ2v) is 27.8. The largest absolute Gasteiger partial charge is 0.456 e. The average molecular weight is 1160 g/mol. The van der Waals surface area contributed by atoms with E-state index in [0.717, 1.165) is 44.8 Å². The first-order chi connectivity index (χ1) is 44.5. The third-order valence-corrected chi connectivity index (χ3v) is 22.8. The van der Waals surface area contributed by atoms with E-state index < -0.39 is 16.2 Å². The number of hydrogen-bond acceptors (Lipinski definition) is 3. The third-order valence-electron chi connectivity index (χ3n) is 22.8. The zero-order valence-electron chi connectivity index (χ0n) is 51.4. The summed E-state index contributed by atoms with van der Waals surface area (Å²) in [7, 11) is 0. The first kappa shape index (κ1) is 50.2. The Morgan fingerprint density at radius 1 is 0.297 bits per heavy atom. The van der Waals surface area contributed by atoms with Crippen molar-refractivity contribution >= 4 is 60.9 Å². The van der Waals surface area contributed by atoms with Gasteiger partial charge >= 0.3 is 0 Å². The van der Waals surface area contributed by atoms with Crippen LogP contribution in [0.4, 0.5) is 17.1 Å². The van der Waals surface area contributed by atoms with Gasteiger partial charge in [0.15, 0.2) is 0 Å². The van der Waals surface area contributed by atoms with Crippen LogP contribution in [0, 0.1) is 13.8 Å². The molecule has 0 aliphatic heterocycles. The van der Waals surface area contributed by atoms with Gasteiger partial charge in [-0.1, -0.05) is 221 Å². The molecule has 428 valence electrons. The fraction of sp³-hybridized carbons (Fsp3) is 0.114. The second-order valence-electron chi connectivity index (χ2n) is 27.8. The molecule has 0 saturated carbocycles. The second kappa shape index (κ2) is 16.7. The van der Waals surface area contributed by atoms with Gasteiger partial charge in [0.2, 0.25) is 0 Å². The van der Waals surface area contributed by atoms with E-state index in [1.807, 2.05) is 0 Å². The van der Waals surface area contributed by atoms with Crippen molar-refractivity contribution in [2.75, 3.05) is 4.90 Å². The van der Waals surface area contributed by atoms with Gasteiger partial charge in [-0.3, -0.25) is 0 Å². The highest BCUT2D eigenvalue weighted by atomic mass is 16.3. The number of rotatable bonds is 3. The lowest BCUT2D eigenvalue weighted by atomic mass is 9.68. The monoisotopic (exact) mass is 1160 g/mol. The van der Waals surface area contributed by atoms with E-state index in [-0.39, 0.29) is 5.41 Å². The number of furan rings is 2. The van der Waals surface area contributed by atoms with Crippen LogP contribution in [0.15, 0.2) is 258 Å². The van der Waals surface area contributed by atoms with Crippen LogP contribution in [0.1, 0.15) is 106 Å². The fourth-order valence-electron chi connectivity index (χ4n) is 19.3. The highest BCUT2D eigenvalue weighted by Gasteiger charge is 2.57. The standard InChI is InChI=1S/C88H59NO2/c1-48-35-41-73(49(2)43-48)89(50-37-39-58-69(44-50)86(5,6)83-81(58)84-80(60-27-13-20-34-75(60)91-84)79-57-25-11-14-28-63(57)85(3,4)82(79)83)51-36-38-56-61-46-72-62(47-71(61)88(70(56)45-51)66-31-17-9-23-54(66)55-24-10-18-32-67(55)88)77-68(40-42-76-78(77)59-26-12-19-33-74(59)90-76)87(72)64-29-15-7-21-52(64)53-22-8-16-30-65(53)87/h7-47H,1-6H3. The number of fused-ring (bicyclic) bond motifs is 36. The molecule has 6 aliphatic carbocycles. The molecule has 21 rings (SSSR count). The molecular formula is C88H59NO2. The lowest BCUT2D eigenvalue weighted by Crippen LogP contribution is -2.27. The number of hydrogen-bond donors (Lipinski definition) is 0. The molecule has 2 spiro atoms. The maximum atomic E-state index is 7.18. The molecule has 3 heteroatoms. The molecule has 0 bridgehead atoms. The van der Waals surface area contributed by atoms with Crippen LogP contribution in [0.25, 0.3) is 111 Å². The number of aryl methyl sites for hydroxylation is 2. The lowest BCUT2D eigenvalue weighted by Gasteiger charge is -2.34. The van der Waals surface area contributed by atoms with E-state index in [1.54, 1.807) is 0 Å². The van der Waals surface area contributed by atoms with Gasteiger partial charge in [0.1, 0.15) is 22.3 Å². The molecule has 0 amide bonds. The van der Waals surface area contributed by atoms with Crippen molar-refractivity contribution in [3.63, 3.8) is 0 Å². The topological polar surface area (TPSA) is 29.5 Å². The summed E-state index contributed by atoms with van der Waals surface area (Å²) in [6, 6.07) is 95.1. The van der Waals surface area contributed by atoms with E-state index in [2.05, 4.69) is 295 Å². The molecule has 0 unspecified atom stereocenters. The van der Waals surface area contributed by atoms with Gasteiger partial charge in [0, 0.05) is 55.0 Å². The van der Waals surface area contributed by atoms with Crippen molar-refractivity contribution in [1.82, 2.24) is 0 Å². The number of para-hydroxylation sites is 2. The quantitative estimate of drug-likeness (QED) is 0.177. The number of nitrogens with zero attached hydrogens (tertiary/aromatic N) is 1. The highest BCUT2D eigenvalue weighted by Crippen LogP contribution is 2.70. The maximum absolute atomic E-state index is 7.18. The molecule has 2 aromatic heterocycles. The summed E-state index contributed by atoms with van der Waals surface area (Å²) in [5, 5.41) is 4.71. The lowest BCUT2D eigenvalue weighted by molar-refractivity contribution is 0.600. The molecule has 91 heavy (non-hydrogen) atoms. The van der Waals surface area contributed by atoms with Crippen LogP contribution in [0.2, 0.25) is 0 Å². The Labute approximate surface area is 528 Å². The van der Waals surface area contributed by atoms with E-state index >= 15 is 0 Å². The number of benzene rings is 13. The summed E-state index contributed by atoms with van der Waals surface area (Å²) in [4.78, 5) is 2.57. The Morgan fingerprint density at radius 3 is 1.40 bits per heavy atom. The van der Waals surface area contributed by atoms with Crippen molar-refractivity contribution in [2.45, 2.75) is 63.2 Å². The first-order valence-corrected chi connectivity index (χ1v) is 32.3. The molecule has 0 radical (unpaired) electrons. The third kappa shape index (κ3) is 5.77. The Balaban J connectivity index is 0.837. The van der Waals surface area contributed by atoms with Gasteiger partial charge in [0.05, 0.1) is 10.8 Å². The van der Waals surface area contributed by atoms with Crippen LogP contribution in [-0.4, -0.2) is 0 Å². The van der Waals surface area contributed by atoms with Crippen LogP contribution >= 0.6 is 0 Å². The van der Waals surface area contributed by atoms with Crippen LogP contribution in [0.3, 0.4) is 0 Å². The predicted octanol–water partition coefficient (Wildman–Crippen LogP) is 22.9. The first-order valence-electron chi connectivity index (χ1n) is 32.3. The summed E-state index contributed by atoms with van der Waals surface area (Å²) in [6.07, 6.45) is 0. The normalized spacial score (nSPS) is 15.7. The SMILES string of the molecule is Cc1ccc(N(c2ccc3c(c2)C(C)(C)c2c4c(c5c(oc6ccccc65)c2-3)-c2ccccc2C4(C)C)c2ccc3c(c2)C2(c4ccccc4-c4ccccc42)c2cc4c(cc2-3)C2(c3ccccc3-c3ccccc32)c2ccc3oc5ccccc5c3c2-4)c(C)c1. The molecule has 6 aliphatic rings. The minimum Gasteiger partial charge on any atom is -0.456 e. The van der Waals surface area contributed by atoms with Crippen LogP contribution in [0.5, 0.6) is 0 Å². The van der Waals surface area contributed by atoms with E-state index in [0.29, 0.717) is 0 Å². The summed E-state index contributed by atoms with van der Waals surface area (Å²) in [5.41, 5.74) is 39.0. The summed E-state index contributed by atoms with van der Waals surface area (Å²) >= 11 is 0. The molecule has 2 heterocycles. The molecule has 0 saturated heterocycles. The van der Waals surface area contributed by atoms with Crippen molar-refractivity contribution in [3.05, 3.63) is 327 Å². The predicted molar refractivity (Wildman–Crippen MR) is 373 cm³/mol. The Kier molecular flexibility index (Phi) is 9.23. The zero-order chi connectivity index (χ0) is 60.3.